The van der Waals surface area contributed by atoms with Crippen molar-refractivity contribution in [2.24, 2.45) is 0 Å². The van der Waals surface area contributed by atoms with E-state index in [-0.39, 0.29) is 11.1 Å². The molecule has 1 N–H and O–H groups in total. The number of esters is 1. The zero-order valence-electron chi connectivity index (χ0n) is 8.91. The fraction of sp³-hybridized carbons (Fsp3) is 0.200. The summed E-state index contributed by atoms with van der Waals surface area (Å²) in [6.07, 6.45) is 0. The third kappa shape index (κ3) is 3.30. The lowest BCUT2D eigenvalue weighted by atomic mass is 10.1. The Hall–Kier alpha value is -1.88. The van der Waals surface area contributed by atoms with E-state index in [0.29, 0.717) is 0 Å². The number of carbonyl (C=O) groups excluding carboxylic acids is 1. The Morgan fingerprint density at radius 3 is 2.56 bits per heavy atom. The Morgan fingerprint density at radius 1 is 1.50 bits per heavy atom. The molecular weight excluding hydrogens is 271 g/mol. The Morgan fingerprint density at radius 2 is 2.11 bits per heavy atom. The largest absolute Gasteiger partial charge is 0.507 e. The first kappa shape index (κ1) is 14.2. The number of nitriles is 1. The Bertz CT molecular complexity index is 522. The van der Waals surface area contributed by atoms with Gasteiger partial charge < -0.3 is 9.84 Å². The van der Waals surface area contributed by atoms with Gasteiger partial charge >= 0.3 is 11.5 Å². The second-order valence-corrected chi connectivity index (χ2v) is 4.12. The fourth-order valence-corrected chi connectivity index (χ4v) is 1.74. The van der Waals surface area contributed by atoms with Crippen molar-refractivity contribution in [1.29, 1.82) is 5.26 Å². The number of phenolic OH excluding ortho intramolecular Hbond substituents is 1. The summed E-state index contributed by atoms with van der Waals surface area (Å²) in [5.74, 6) is -1.65. The van der Waals surface area contributed by atoms with Crippen LogP contribution in [-0.4, -0.2) is 23.7 Å². The minimum absolute atomic E-state index is 0.288. The quantitative estimate of drug-likeness (QED) is 0.664. The monoisotopic (exact) mass is 277 g/mol. The maximum absolute atomic E-state index is 12.2. The summed E-state index contributed by atoms with van der Waals surface area (Å²) in [6.45, 7) is 0. The zero-order valence-corrected chi connectivity index (χ0v) is 9.72. The predicted molar refractivity (Wildman–Crippen MR) is 56.1 cm³/mol. The highest BCUT2D eigenvalue weighted by Gasteiger charge is 2.31. The van der Waals surface area contributed by atoms with Crippen LogP contribution in [0.3, 0.4) is 0 Å². The van der Waals surface area contributed by atoms with E-state index in [1.165, 1.54) is 0 Å². The van der Waals surface area contributed by atoms with Gasteiger partial charge in [-0.15, -0.1) is 0 Å². The number of nitrogens with zero attached hydrogens (tertiary/aromatic N) is 1. The van der Waals surface area contributed by atoms with E-state index >= 15 is 0 Å². The molecule has 0 aliphatic heterocycles. The molecule has 0 unspecified atom stereocenters. The fourth-order valence-electron chi connectivity index (χ4n) is 1.15. The van der Waals surface area contributed by atoms with Gasteiger partial charge in [0.2, 0.25) is 0 Å². The second kappa shape index (κ2) is 5.18. The van der Waals surface area contributed by atoms with Crippen LogP contribution in [0.15, 0.2) is 17.0 Å². The maximum Gasteiger partial charge on any atom is 0.446 e. The smallest absolute Gasteiger partial charge is 0.446 e. The SMILES string of the molecule is COC(=O)c1cc(O)c(SC(F)(F)F)cc1C#N. The molecule has 0 fully saturated rings. The maximum atomic E-state index is 12.2. The molecule has 0 radical (unpaired) electrons. The molecule has 1 aromatic rings. The Kier molecular flexibility index (Phi) is 4.08. The van der Waals surface area contributed by atoms with Crippen molar-refractivity contribution >= 4 is 17.7 Å². The van der Waals surface area contributed by atoms with E-state index in [2.05, 4.69) is 4.74 Å². The van der Waals surface area contributed by atoms with E-state index in [9.17, 15) is 23.1 Å². The number of thioether (sulfide) groups is 1. The van der Waals surface area contributed by atoms with E-state index in [1.807, 2.05) is 0 Å². The van der Waals surface area contributed by atoms with Crippen LogP contribution in [0.4, 0.5) is 13.2 Å². The summed E-state index contributed by atoms with van der Waals surface area (Å²) in [7, 11) is 1.05. The molecule has 96 valence electrons. The Balaban J connectivity index is 3.28. The lowest BCUT2D eigenvalue weighted by Gasteiger charge is -2.09. The van der Waals surface area contributed by atoms with Gasteiger partial charge in [0.25, 0.3) is 0 Å². The average Bonchev–Trinajstić information content (AvgIpc) is 2.28. The normalized spacial score (nSPS) is 10.8. The summed E-state index contributed by atoms with van der Waals surface area (Å²) in [5.41, 5.74) is -5.19. The molecule has 8 heteroatoms. The number of rotatable bonds is 2. The molecule has 18 heavy (non-hydrogen) atoms. The van der Waals surface area contributed by atoms with E-state index in [0.717, 1.165) is 19.2 Å². The summed E-state index contributed by atoms with van der Waals surface area (Å²) >= 11 is -0.568. The molecule has 0 saturated carbocycles. The van der Waals surface area contributed by atoms with Crippen molar-refractivity contribution in [3.8, 4) is 11.8 Å². The van der Waals surface area contributed by atoms with Crippen LogP contribution in [0, 0.1) is 11.3 Å². The topological polar surface area (TPSA) is 70.3 Å². The van der Waals surface area contributed by atoms with E-state index < -0.39 is 33.9 Å². The third-order valence-electron chi connectivity index (χ3n) is 1.85. The first-order valence-corrected chi connectivity index (χ1v) is 5.21. The van der Waals surface area contributed by atoms with Gasteiger partial charge in [-0.2, -0.15) is 18.4 Å². The van der Waals surface area contributed by atoms with Crippen molar-refractivity contribution in [2.75, 3.05) is 7.11 Å². The average molecular weight is 277 g/mol. The van der Waals surface area contributed by atoms with Crippen LogP contribution in [0.25, 0.3) is 0 Å². The molecule has 0 aliphatic rings. The van der Waals surface area contributed by atoms with Gasteiger partial charge in [0.05, 0.1) is 23.1 Å². The highest BCUT2D eigenvalue weighted by atomic mass is 32.2. The minimum Gasteiger partial charge on any atom is -0.507 e. The van der Waals surface area contributed by atoms with Gasteiger partial charge in [-0.25, -0.2) is 4.79 Å². The van der Waals surface area contributed by atoms with Gasteiger partial charge in [-0.3, -0.25) is 0 Å². The number of benzene rings is 1. The molecule has 0 atom stereocenters. The zero-order chi connectivity index (χ0) is 13.9. The first-order valence-electron chi connectivity index (χ1n) is 4.39. The molecule has 0 heterocycles. The first-order chi connectivity index (χ1) is 8.28. The molecule has 1 rings (SSSR count). The second-order valence-electron chi connectivity index (χ2n) is 3.02. The molecule has 0 aliphatic carbocycles. The van der Waals surface area contributed by atoms with Crippen LogP contribution in [0.1, 0.15) is 15.9 Å². The lowest BCUT2D eigenvalue weighted by Crippen LogP contribution is -2.05. The molecule has 0 aromatic heterocycles. The van der Waals surface area contributed by atoms with Crippen molar-refractivity contribution in [1.82, 2.24) is 0 Å². The minimum atomic E-state index is -4.60. The molecular formula is C10H6F3NO3S. The molecule has 4 nitrogen and oxygen atoms in total. The van der Waals surface area contributed by atoms with Crippen molar-refractivity contribution in [3.63, 3.8) is 0 Å². The number of methoxy groups -OCH3 is 1. The summed E-state index contributed by atoms with van der Waals surface area (Å²) in [6, 6.07) is 3.14. The molecule has 0 saturated heterocycles. The number of carbonyl (C=O) groups is 1. The Labute approximate surface area is 104 Å². The number of halogens is 3. The van der Waals surface area contributed by atoms with E-state index in [4.69, 9.17) is 5.26 Å². The number of aromatic hydroxyl groups is 1. The van der Waals surface area contributed by atoms with Crippen molar-refractivity contribution < 1.29 is 27.8 Å². The van der Waals surface area contributed by atoms with Crippen LogP contribution < -0.4 is 0 Å². The van der Waals surface area contributed by atoms with Gasteiger partial charge in [0, 0.05) is 0 Å². The van der Waals surface area contributed by atoms with Crippen molar-refractivity contribution in [3.05, 3.63) is 23.3 Å². The summed E-state index contributed by atoms with van der Waals surface area (Å²) < 4.78 is 40.8. The van der Waals surface area contributed by atoms with Gasteiger partial charge in [0.15, 0.2) is 0 Å². The molecule has 0 spiro atoms. The van der Waals surface area contributed by atoms with Crippen molar-refractivity contribution in [2.45, 2.75) is 10.4 Å². The van der Waals surface area contributed by atoms with Gasteiger partial charge in [0.1, 0.15) is 11.8 Å². The number of phenols is 1. The standard InChI is InChI=1S/C10H6F3NO3S/c1-17-9(16)6-3-7(15)8(2-5(6)4-14)18-10(11,12)13/h2-3,15H,1H3. The van der Waals surface area contributed by atoms with Gasteiger partial charge in [-0.1, -0.05) is 0 Å². The highest BCUT2D eigenvalue weighted by molar-refractivity contribution is 8.00. The van der Waals surface area contributed by atoms with Crippen LogP contribution >= 0.6 is 11.8 Å². The van der Waals surface area contributed by atoms with Crippen LogP contribution in [0.2, 0.25) is 0 Å². The third-order valence-corrected chi connectivity index (χ3v) is 2.63. The van der Waals surface area contributed by atoms with Gasteiger partial charge in [-0.05, 0) is 23.9 Å². The molecule has 0 bridgehead atoms. The summed E-state index contributed by atoms with van der Waals surface area (Å²) in [5, 5.41) is 18.1. The lowest BCUT2D eigenvalue weighted by molar-refractivity contribution is -0.0329. The number of hydrogen-bond acceptors (Lipinski definition) is 5. The van der Waals surface area contributed by atoms with Crippen LogP contribution in [0.5, 0.6) is 5.75 Å². The van der Waals surface area contributed by atoms with E-state index in [1.54, 1.807) is 6.07 Å². The predicted octanol–water partition coefficient (Wildman–Crippen LogP) is 2.66. The number of alkyl halides is 3. The number of ether oxygens (including phenoxy) is 1. The number of hydrogen-bond donors (Lipinski definition) is 1. The molecule has 0 amide bonds. The molecule has 1 aromatic carbocycles. The highest BCUT2D eigenvalue weighted by Crippen LogP contribution is 2.42. The summed E-state index contributed by atoms with van der Waals surface area (Å²) in [4.78, 5) is 10.7. The van der Waals surface area contributed by atoms with Crippen LogP contribution in [-0.2, 0) is 4.74 Å².